The first-order valence-corrected chi connectivity index (χ1v) is 8.36. The molecule has 1 saturated heterocycles. The summed E-state index contributed by atoms with van der Waals surface area (Å²) in [6, 6.07) is -1.26. The zero-order valence-electron chi connectivity index (χ0n) is 14.9. The minimum atomic E-state index is -0.808. The van der Waals surface area contributed by atoms with Crippen molar-refractivity contribution in [1.82, 2.24) is 10.6 Å². The molecule has 23 heavy (non-hydrogen) atoms. The lowest BCUT2D eigenvalue weighted by molar-refractivity contribution is -0.137. The van der Waals surface area contributed by atoms with Gasteiger partial charge < -0.3 is 16.4 Å². The van der Waals surface area contributed by atoms with Gasteiger partial charge in [-0.1, -0.05) is 41.5 Å². The van der Waals surface area contributed by atoms with Crippen LogP contribution in [0, 0.1) is 28.6 Å². The quantitative estimate of drug-likeness (QED) is 0.660. The van der Waals surface area contributed by atoms with Crippen molar-refractivity contribution in [1.29, 1.82) is 0 Å². The fraction of sp³-hybridized carbons (Fsp3) is 0.824. The van der Waals surface area contributed by atoms with Crippen molar-refractivity contribution < 1.29 is 14.4 Å². The summed E-state index contributed by atoms with van der Waals surface area (Å²) in [6.45, 7) is 12.0. The molecule has 0 spiro atoms. The predicted molar refractivity (Wildman–Crippen MR) is 87.3 cm³/mol. The van der Waals surface area contributed by atoms with Crippen LogP contribution in [0.3, 0.4) is 0 Å². The molecule has 0 radical (unpaired) electrons. The molecule has 6 nitrogen and oxygen atoms in total. The third-order valence-electron chi connectivity index (χ3n) is 5.85. The fourth-order valence-electron chi connectivity index (χ4n) is 4.36. The Labute approximate surface area is 137 Å². The van der Waals surface area contributed by atoms with E-state index in [1.54, 1.807) is 13.8 Å². The van der Waals surface area contributed by atoms with Gasteiger partial charge in [0.1, 0.15) is 6.04 Å². The lowest BCUT2D eigenvalue weighted by Crippen LogP contribution is -2.56. The van der Waals surface area contributed by atoms with Gasteiger partial charge in [0.15, 0.2) is 5.78 Å². The third-order valence-corrected chi connectivity index (χ3v) is 5.85. The highest BCUT2D eigenvalue weighted by Gasteiger charge is 2.82. The van der Waals surface area contributed by atoms with Crippen molar-refractivity contribution in [2.75, 3.05) is 6.54 Å². The molecule has 3 unspecified atom stereocenters. The smallest absolute Gasteiger partial charge is 0.235 e. The average molecular weight is 323 g/mol. The van der Waals surface area contributed by atoms with Gasteiger partial charge in [-0.25, -0.2) is 0 Å². The second kappa shape index (κ2) is 5.58. The van der Waals surface area contributed by atoms with Crippen LogP contribution in [0.4, 0.5) is 0 Å². The molecule has 1 saturated carbocycles. The van der Waals surface area contributed by atoms with Crippen LogP contribution >= 0.6 is 0 Å². The maximum absolute atomic E-state index is 13.4. The molecular weight excluding hydrogens is 294 g/mol. The average Bonchev–Trinajstić information content (AvgIpc) is 2.77. The molecule has 0 aromatic carbocycles. The molecule has 0 aromatic rings. The Hall–Kier alpha value is -1.43. The van der Waals surface area contributed by atoms with Gasteiger partial charge in [-0.15, -0.1) is 0 Å². The van der Waals surface area contributed by atoms with E-state index in [0.29, 0.717) is 6.54 Å². The molecule has 4 N–H and O–H groups in total. The van der Waals surface area contributed by atoms with E-state index in [1.807, 2.05) is 27.7 Å². The molecular formula is C17H29N3O3. The fourth-order valence-corrected chi connectivity index (χ4v) is 4.36. The van der Waals surface area contributed by atoms with E-state index in [-0.39, 0.29) is 34.9 Å². The first-order valence-electron chi connectivity index (χ1n) is 8.36. The van der Waals surface area contributed by atoms with Crippen molar-refractivity contribution in [3.05, 3.63) is 0 Å². The molecule has 1 aliphatic heterocycles. The summed E-state index contributed by atoms with van der Waals surface area (Å²) in [4.78, 5) is 37.4. The minimum absolute atomic E-state index is 0.0502. The number of primary amides is 1. The van der Waals surface area contributed by atoms with Gasteiger partial charge in [0.2, 0.25) is 11.8 Å². The number of carbonyl (C=O) groups is 3. The molecule has 0 aromatic heterocycles. The van der Waals surface area contributed by atoms with Gasteiger partial charge in [0.25, 0.3) is 0 Å². The summed E-state index contributed by atoms with van der Waals surface area (Å²) in [5, 5.41) is 5.97. The van der Waals surface area contributed by atoms with Crippen LogP contribution in [0.1, 0.15) is 41.5 Å². The second-order valence-corrected chi connectivity index (χ2v) is 8.14. The van der Waals surface area contributed by atoms with E-state index in [2.05, 4.69) is 10.6 Å². The number of hydrogen-bond acceptors (Lipinski definition) is 4. The van der Waals surface area contributed by atoms with Crippen molar-refractivity contribution in [2.45, 2.75) is 53.6 Å². The molecule has 1 aliphatic carbocycles. The number of rotatable bonds is 6. The van der Waals surface area contributed by atoms with Crippen LogP contribution < -0.4 is 16.4 Å². The van der Waals surface area contributed by atoms with Gasteiger partial charge in [0.05, 0.1) is 11.5 Å². The Morgan fingerprint density at radius 2 is 1.74 bits per heavy atom. The number of nitrogens with two attached hydrogens (primary N) is 1. The number of ketones is 1. The highest BCUT2D eigenvalue weighted by atomic mass is 16.2. The Bertz CT molecular complexity index is 541. The Balaban J connectivity index is 2.35. The standard InChI is InChI=1S/C17H29N3O3/c1-8(2)11(20-15(23)9(3)4)13(21)17-10(16(17,5)6)7-19-12(17)14(18)22/h8-12,19H,7H2,1-6H3,(H2,18,22)(H,20,23)/t10?,11-,12?,17?/m0/s1. The third kappa shape index (κ3) is 2.38. The van der Waals surface area contributed by atoms with Gasteiger partial charge >= 0.3 is 0 Å². The van der Waals surface area contributed by atoms with Crippen molar-refractivity contribution in [2.24, 2.45) is 34.3 Å². The van der Waals surface area contributed by atoms with Gasteiger partial charge in [-0.05, 0) is 17.3 Å². The van der Waals surface area contributed by atoms with Crippen molar-refractivity contribution >= 4 is 17.6 Å². The van der Waals surface area contributed by atoms with E-state index in [0.717, 1.165) is 0 Å². The lowest BCUT2D eigenvalue weighted by atomic mass is 9.78. The molecule has 2 fully saturated rings. The first kappa shape index (κ1) is 17.9. The summed E-state index contributed by atoms with van der Waals surface area (Å²) in [7, 11) is 0. The maximum Gasteiger partial charge on any atom is 0.235 e. The van der Waals surface area contributed by atoms with E-state index in [1.165, 1.54) is 0 Å². The number of fused-ring (bicyclic) bond motifs is 1. The lowest BCUT2D eigenvalue weighted by Gasteiger charge is -2.31. The number of hydrogen-bond donors (Lipinski definition) is 3. The summed E-state index contributed by atoms with van der Waals surface area (Å²) in [5.41, 5.74) is 4.45. The van der Waals surface area contributed by atoms with Gasteiger partial charge in [-0.3, -0.25) is 14.4 Å². The topological polar surface area (TPSA) is 101 Å². The van der Waals surface area contributed by atoms with E-state index >= 15 is 0 Å². The monoisotopic (exact) mass is 323 g/mol. The van der Waals surface area contributed by atoms with Crippen LogP contribution in [0.2, 0.25) is 0 Å². The zero-order chi connectivity index (χ0) is 17.7. The molecule has 2 amide bonds. The Kier molecular flexibility index (Phi) is 4.35. The molecule has 0 bridgehead atoms. The summed E-state index contributed by atoms with van der Waals surface area (Å²) < 4.78 is 0. The van der Waals surface area contributed by atoms with Crippen LogP contribution in [-0.2, 0) is 14.4 Å². The number of nitrogens with one attached hydrogen (secondary N) is 2. The Morgan fingerprint density at radius 1 is 1.17 bits per heavy atom. The highest BCUT2D eigenvalue weighted by Crippen LogP contribution is 2.73. The number of carbonyl (C=O) groups excluding carboxylic acids is 3. The molecule has 130 valence electrons. The Morgan fingerprint density at radius 3 is 2.13 bits per heavy atom. The normalized spacial score (nSPS) is 32.5. The van der Waals surface area contributed by atoms with Crippen LogP contribution in [-0.4, -0.2) is 36.2 Å². The summed E-state index contributed by atoms with van der Waals surface area (Å²) in [6.07, 6.45) is 0. The highest BCUT2D eigenvalue weighted by molar-refractivity contribution is 6.02. The zero-order valence-corrected chi connectivity index (χ0v) is 14.9. The minimum Gasteiger partial charge on any atom is -0.368 e. The summed E-state index contributed by atoms with van der Waals surface area (Å²) in [5.74, 6) is -0.874. The largest absolute Gasteiger partial charge is 0.368 e. The van der Waals surface area contributed by atoms with Crippen LogP contribution in [0.25, 0.3) is 0 Å². The molecule has 1 heterocycles. The van der Waals surface area contributed by atoms with Crippen molar-refractivity contribution in [3.8, 4) is 0 Å². The SMILES string of the molecule is CC(C)C(=O)N[C@H](C(=O)C12C(C(N)=O)NCC1C2(C)C)C(C)C. The van der Waals surface area contributed by atoms with E-state index < -0.39 is 23.4 Å². The maximum atomic E-state index is 13.4. The van der Waals surface area contributed by atoms with Gasteiger partial charge in [0, 0.05) is 12.5 Å². The molecule has 2 aliphatic rings. The number of amides is 2. The number of Topliss-reactive ketones (excluding diaryl/α,β-unsaturated/α-hetero) is 1. The molecule has 2 rings (SSSR count). The second-order valence-electron chi connectivity index (χ2n) is 8.14. The van der Waals surface area contributed by atoms with Crippen molar-refractivity contribution in [3.63, 3.8) is 0 Å². The molecule has 4 atom stereocenters. The van der Waals surface area contributed by atoms with E-state index in [4.69, 9.17) is 5.73 Å². The summed E-state index contributed by atoms with van der Waals surface area (Å²) >= 11 is 0. The van der Waals surface area contributed by atoms with Gasteiger partial charge in [-0.2, -0.15) is 0 Å². The van der Waals surface area contributed by atoms with Crippen LogP contribution in [0.15, 0.2) is 0 Å². The predicted octanol–water partition coefficient (Wildman–Crippen LogP) is 0.452. The van der Waals surface area contributed by atoms with E-state index in [9.17, 15) is 14.4 Å². The number of piperidine rings is 1. The van der Waals surface area contributed by atoms with Crippen LogP contribution in [0.5, 0.6) is 0 Å². The first-order chi connectivity index (χ1) is 10.5. The molecule has 6 heteroatoms.